The van der Waals surface area contributed by atoms with Crippen molar-refractivity contribution < 1.29 is 14.3 Å². The van der Waals surface area contributed by atoms with Crippen LogP contribution in [0.1, 0.15) is 46.5 Å². The van der Waals surface area contributed by atoms with Crippen molar-refractivity contribution in [2.45, 2.75) is 52.1 Å². The summed E-state index contributed by atoms with van der Waals surface area (Å²) in [5.74, 6) is 0.315. The normalized spacial score (nSPS) is 51.3. The van der Waals surface area contributed by atoms with Crippen molar-refractivity contribution in [1.82, 2.24) is 9.80 Å². The SMILES string of the molecule is CCOC(=O)[C@@H]1CCCCC12N1CC3(C)CN2CC(C)(C1)C3=O. The van der Waals surface area contributed by atoms with Crippen LogP contribution in [0, 0.1) is 16.7 Å². The van der Waals surface area contributed by atoms with Gasteiger partial charge in [-0.15, -0.1) is 0 Å². The summed E-state index contributed by atoms with van der Waals surface area (Å²) >= 11 is 0. The summed E-state index contributed by atoms with van der Waals surface area (Å²) in [5, 5.41) is 0. The Balaban J connectivity index is 1.74. The number of ether oxygens (including phenoxy) is 1. The number of ketones is 1. The molecule has 0 radical (unpaired) electrons. The molecule has 4 heterocycles. The Morgan fingerprint density at radius 1 is 1.13 bits per heavy atom. The van der Waals surface area contributed by atoms with Crippen LogP contribution in [0.4, 0.5) is 0 Å². The predicted octanol–water partition coefficient (Wildman–Crippen LogP) is 1.66. The molecule has 4 aliphatic heterocycles. The molecule has 1 saturated carbocycles. The van der Waals surface area contributed by atoms with Crippen LogP contribution in [0.2, 0.25) is 0 Å². The molecule has 5 aliphatic rings. The van der Waals surface area contributed by atoms with Gasteiger partial charge in [-0.2, -0.15) is 0 Å². The first kappa shape index (κ1) is 15.6. The second-order valence-electron chi connectivity index (χ2n) is 8.59. The number of rotatable bonds is 2. The van der Waals surface area contributed by atoms with Crippen LogP contribution in [0.5, 0.6) is 0 Å². The van der Waals surface area contributed by atoms with Crippen molar-refractivity contribution in [2.24, 2.45) is 16.7 Å². The second kappa shape index (κ2) is 4.79. The fraction of sp³-hybridized carbons (Fsp3) is 0.889. The zero-order valence-corrected chi connectivity index (χ0v) is 14.6. The lowest BCUT2D eigenvalue weighted by atomic mass is 9.58. The van der Waals surface area contributed by atoms with Crippen molar-refractivity contribution in [1.29, 1.82) is 0 Å². The Bertz CT molecular complexity index is 518. The van der Waals surface area contributed by atoms with Gasteiger partial charge in [0, 0.05) is 26.2 Å². The van der Waals surface area contributed by atoms with E-state index in [9.17, 15) is 9.59 Å². The van der Waals surface area contributed by atoms with Gasteiger partial charge in [-0.1, -0.05) is 26.7 Å². The summed E-state index contributed by atoms with van der Waals surface area (Å²) in [6.45, 7) is 9.75. The molecule has 0 aromatic heterocycles. The topological polar surface area (TPSA) is 49.9 Å². The first-order valence-corrected chi connectivity index (χ1v) is 9.07. The maximum Gasteiger partial charge on any atom is 0.312 e. The van der Waals surface area contributed by atoms with E-state index >= 15 is 0 Å². The summed E-state index contributed by atoms with van der Waals surface area (Å²) < 4.78 is 5.42. The summed E-state index contributed by atoms with van der Waals surface area (Å²) in [6, 6.07) is 0. The van der Waals surface area contributed by atoms with Gasteiger partial charge in [-0.25, -0.2) is 0 Å². The van der Waals surface area contributed by atoms with Crippen molar-refractivity contribution >= 4 is 11.8 Å². The molecule has 0 unspecified atom stereocenters. The van der Waals surface area contributed by atoms with Gasteiger partial charge >= 0.3 is 5.97 Å². The second-order valence-corrected chi connectivity index (χ2v) is 8.59. The van der Waals surface area contributed by atoms with E-state index in [0.717, 1.165) is 51.9 Å². The molecule has 5 nitrogen and oxygen atoms in total. The Morgan fingerprint density at radius 2 is 1.70 bits per heavy atom. The van der Waals surface area contributed by atoms with E-state index in [1.165, 1.54) is 0 Å². The number of piperidine rings is 2. The molecule has 1 spiro atoms. The molecular weight excluding hydrogens is 292 g/mol. The highest BCUT2D eigenvalue weighted by molar-refractivity contribution is 5.93. The van der Waals surface area contributed by atoms with Crippen LogP contribution in [-0.2, 0) is 14.3 Å². The molecule has 5 rings (SSSR count). The highest BCUT2D eigenvalue weighted by atomic mass is 16.5. The molecule has 4 bridgehead atoms. The number of hydrogen-bond acceptors (Lipinski definition) is 5. The number of carbonyl (C=O) groups is 2. The van der Waals surface area contributed by atoms with Gasteiger partial charge < -0.3 is 4.74 Å². The molecule has 5 heteroatoms. The van der Waals surface area contributed by atoms with E-state index in [2.05, 4.69) is 23.6 Å². The molecule has 128 valence electrons. The standard InChI is InChI=1S/C18H28N2O3/c1-4-23-14(21)13-7-5-6-8-18(13)19-9-16(2)10-20(18)12-17(3,11-19)15(16)22/h13H,4-12H2,1-3H3/t13-,16?,17?,18?/m0/s1. The first-order valence-electron chi connectivity index (χ1n) is 9.07. The number of esters is 1. The molecule has 1 atom stereocenters. The lowest BCUT2D eigenvalue weighted by Gasteiger charge is -2.71. The van der Waals surface area contributed by atoms with Gasteiger partial charge in [-0.3, -0.25) is 19.4 Å². The molecule has 4 saturated heterocycles. The van der Waals surface area contributed by atoms with Crippen molar-refractivity contribution in [3.8, 4) is 0 Å². The summed E-state index contributed by atoms with van der Waals surface area (Å²) in [6.07, 6.45) is 4.19. The fourth-order valence-electron chi connectivity index (χ4n) is 6.11. The monoisotopic (exact) mass is 320 g/mol. The summed E-state index contributed by atoms with van der Waals surface area (Å²) in [5.41, 5.74) is -0.745. The van der Waals surface area contributed by atoms with Gasteiger partial charge in [0.1, 0.15) is 5.78 Å². The molecule has 5 fully saturated rings. The van der Waals surface area contributed by atoms with Crippen LogP contribution in [0.3, 0.4) is 0 Å². The molecule has 23 heavy (non-hydrogen) atoms. The highest BCUT2D eigenvalue weighted by Gasteiger charge is 2.69. The molecular formula is C18H28N2O3. The third kappa shape index (κ3) is 1.86. The zero-order chi connectivity index (χ0) is 16.5. The van der Waals surface area contributed by atoms with Crippen LogP contribution in [0.25, 0.3) is 0 Å². The Hall–Kier alpha value is -0.940. The van der Waals surface area contributed by atoms with Crippen LogP contribution in [0.15, 0.2) is 0 Å². The van der Waals surface area contributed by atoms with Crippen LogP contribution in [-0.4, -0.2) is 60.0 Å². The number of hydrogen-bond donors (Lipinski definition) is 0. The molecule has 0 amide bonds. The third-order valence-corrected chi connectivity index (χ3v) is 6.77. The smallest absolute Gasteiger partial charge is 0.312 e. The van der Waals surface area contributed by atoms with Crippen LogP contribution >= 0.6 is 0 Å². The van der Waals surface area contributed by atoms with Gasteiger partial charge in [0.15, 0.2) is 0 Å². The maximum atomic E-state index is 12.9. The van der Waals surface area contributed by atoms with E-state index in [4.69, 9.17) is 4.74 Å². The van der Waals surface area contributed by atoms with Gasteiger partial charge in [0.05, 0.1) is 29.0 Å². The highest BCUT2D eigenvalue weighted by Crippen LogP contribution is 2.56. The van der Waals surface area contributed by atoms with E-state index in [-0.39, 0.29) is 28.4 Å². The minimum absolute atomic E-state index is 0.0405. The Labute approximate surface area is 138 Å². The molecule has 0 N–H and O–H groups in total. The van der Waals surface area contributed by atoms with Gasteiger partial charge in [0.2, 0.25) is 0 Å². The summed E-state index contributed by atoms with van der Waals surface area (Å²) in [7, 11) is 0. The predicted molar refractivity (Wildman–Crippen MR) is 85.7 cm³/mol. The Kier molecular flexibility index (Phi) is 3.24. The van der Waals surface area contributed by atoms with Crippen molar-refractivity contribution in [3.05, 3.63) is 0 Å². The quantitative estimate of drug-likeness (QED) is 0.724. The number of Topliss-reactive ketones (excluding diaryl/α,β-unsaturated/α-hetero) is 1. The molecule has 0 aromatic carbocycles. The van der Waals surface area contributed by atoms with E-state index in [1.807, 2.05) is 6.92 Å². The minimum Gasteiger partial charge on any atom is -0.466 e. The fourth-order valence-corrected chi connectivity index (χ4v) is 6.11. The van der Waals surface area contributed by atoms with Crippen LogP contribution < -0.4 is 0 Å². The van der Waals surface area contributed by atoms with E-state index < -0.39 is 0 Å². The largest absolute Gasteiger partial charge is 0.466 e. The lowest BCUT2D eigenvalue weighted by molar-refractivity contribution is -0.254. The van der Waals surface area contributed by atoms with Crippen molar-refractivity contribution in [2.75, 3.05) is 32.8 Å². The number of carbonyl (C=O) groups excluding carboxylic acids is 2. The lowest BCUT2D eigenvalue weighted by Crippen LogP contribution is -2.85. The first-order chi connectivity index (χ1) is 10.9. The minimum atomic E-state index is -0.271. The number of nitrogens with zero attached hydrogens (tertiary/aromatic N) is 2. The molecule has 1 aliphatic carbocycles. The van der Waals surface area contributed by atoms with E-state index in [0.29, 0.717) is 12.4 Å². The van der Waals surface area contributed by atoms with Crippen molar-refractivity contribution in [3.63, 3.8) is 0 Å². The zero-order valence-electron chi connectivity index (χ0n) is 14.6. The Morgan fingerprint density at radius 3 is 2.22 bits per heavy atom. The van der Waals surface area contributed by atoms with Gasteiger partial charge in [-0.05, 0) is 19.8 Å². The average molecular weight is 320 g/mol. The van der Waals surface area contributed by atoms with Gasteiger partial charge in [0.25, 0.3) is 0 Å². The third-order valence-electron chi connectivity index (χ3n) is 6.77. The van der Waals surface area contributed by atoms with E-state index in [1.54, 1.807) is 0 Å². The molecule has 0 aromatic rings. The average Bonchev–Trinajstić information content (AvgIpc) is 2.49. The maximum absolute atomic E-state index is 12.9. The summed E-state index contributed by atoms with van der Waals surface area (Å²) in [4.78, 5) is 30.5.